The highest BCUT2D eigenvalue weighted by Gasteiger charge is 2.29. The molecule has 3 aromatic carbocycles. The molecule has 0 bridgehead atoms. The van der Waals surface area contributed by atoms with Crippen molar-refractivity contribution in [3.8, 4) is 0 Å². The van der Waals surface area contributed by atoms with Crippen molar-refractivity contribution < 1.29 is 9.59 Å². The first-order valence-corrected chi connectivity index (χ1v) is 9.79. The molecule has 0 atom stereocenters. The number of amides is 2. The highest BCUT2D eigenvalue weighted by molar-refractivity contribution is 6.32. The van der Waals surface area contributed by atoms with E-state index < -0.39 is 17.7 Å². The van der Waals surface area contributed by atoms with Crippen molar-refractivity contribution in [3.05, 3.63) is 93.5 Å². The van der Waals surface area contributed by atoms with Gasteiger partial charge in [0.2, 0.25) is 11.8 Å². The van der Waals surface area contributed by atoms with E-state index in [1.54, 1.807) is 48.5 Å². The maximum atomic E-state index is 13.0. The molecule has 0 fully saturated rings. The summed E-state index contributed by atoms with van der Waals surface area (Å²) in [6, 6.07) is 19.3. The normalized spacial score (nSPS) is 10.7. The molecule has 0 aliphatic rings. The second-order valence-corrected chi connectivity index (χ2v) is 7.56. The summed E-state index contributed by atoms with van der Waals surface area (Å²) in [4.78, 5) is 26.0. The number of rotatable bonds is 5. The second kappa shape index (κ2) is 9.12. The Hall–Kier alpha value is -2.82. The fourth-order valence-electron chi connectivity index (χ4n) is 2.84. The van der Waals surface area contributed by atoms with Crippen molar-refractivity contribution in [3.63, 3.8) is 0 Å². The van der Waals surface area contributed by atoms with Gasteiger partial charge in [0.15, 0.2) is 0 Å². The number of carbonyl (C=O) groups excluding carboxylic acids is 2. The van der Waals surface area contributed by atoms with Crippen molar-refractivity contribution in [2.24, 2.45) is 0 Å². The molecular formula is C23H20Cl2N2O2. The molecule has 148 valence electrons. The predicted octanol–water partition coefficient (Wildman–Crippen LogP) is 5.97. The minimum absolute atomic E-state index is 0.452. The maximum Gasteiger partial charge on any atom is 0.241 e. The van der Waals surface area contributed by atoms with E-state index >= 15 is 0 Å². The van der Waals surface area contributed by atoms with Gasteiger partial charge in [-0.2, -0.15) is 0 Å². The van der Waals surface area contributed by atoms with E-state index in [0.717, 1.165) is 11.1 Å². The zero-order valence-corrected chi connectivity index (χ0v) is 17.5. The van der Waals surface area contributed by atoms with Crippen LogP contribution in [0.2, 0.25) is 10.0 Å². The van der Waals surface area contributed by atoms with Gasteiger partial charge in [0.25, 0.3) is 0 Å². The number of benzene rings is 3. The topological polar surface area (TPSA) is 58.2 Å². The highest BCUT2D eigenvalue weighted by Crippen LogP contribution is 2.25. The van der Waals surface area contributed by atoms with Gasteiger partial charge in [-0.15, -0.1) is 0 Å². The van der Waals surface area contributed by atoms with E-state index in [0.29, 0.717) is 27.0 Å². The monoisotopic (exact) mass is 426 g/mol. The lowest BCUT2D eigenvalue weighted by Crippen LogP contribution is -2.32. The Kier molecular flexibility index (Phi) is 6.57. The van der Waals surface area contributed by atoms with Gasteiger partial charge in [-0.1, -0.05) is 65.7 Å². The minimum Gasteiger partial charge on any atom is -0.325 e. The summed E-state index contributed by atoms with van der Waals surface area (Å²) in [6.45, 7) is 3.75. The Morgan fingerprint density at radius 3 is 1.59 bits per heavy atom. The Bertz CT molecular complexity index is 986. The smallest absolute Gasteiger partial charge is 0.241 e. The van der Waals surface area contributed by atoms with Gasteiger partial charge in [0, 0.05) is 21.4 Å². The Morgan fingerprint density at radius 1 is 0.724 bits per heavy atom. The molecule has 3 aromatic rings. The molecule has 3 rings (SSSR count). The van der Waals surface area contributed by atoms with Crippen molar-refractivity contribution in [1.29, 1.82) is 0 Å². The lowest BCUT2D eigenvalue weighted by Gasteiger charge is -2.18. The van der Waals surface area contributed by atoms with Gasteiger partial charge in [-0.25, -0.2) is 0 Å². The molecule has 0 saturated heterocycles. The fraction of sp³-hybridized carbons (Fsp3) is 0.130. The molecule has 0 aliphatic carbocycles. The first-order valence-electron chi connectivity index (χ1n) is 9.04. The van der Waals surface area contributed by atoms with E-state index in [-0.39, 0.29) is 0 Å². The van der Waals surface area contributed by atoms with Crippen LogP contribution in [0.1, 0.15) is 22.6 Å². The van der Waals surface area contributed by atoms with Crippen LogP contribution in [0, 0.1) is 13.8 Å². The van der Waals surface area contributed by atoms with E-state index in [1.807, 2.05) is 32.0 Å². The Morgan fingerprint density at radius 2 is 1.17 bits per heavy atom. The molecule has 0 saturated carbocycles. The van der Waals surface area contributed by atoms with Crippen LogP contribution in [-0.4, -0.2) is 11.8 Å². The van der Waals surface area contributed by atoms with Gasteiger partial charge in [-0.05, 0) is 54.8 Å². The van der Waals surface area contributed by atoms with Crippen LogP contribution < -0.4 is 10.6 Å². The standard InChI is InChI=1S/C23H20Cl2N2O2/c1-14-8-10-17(12-19(14)24)26-22(28)21(16-6-4-3-5-7-16)23(29)27-18-11-9-15(2)20(25)13-18/h3-13,21H,1-2H3,(H,26,28)(H,27,29). The third-order valence-corrected chi connectivity index (χ3v) is 5.35. The van der Waals surface area contributed by atoms with Gasteiger partial charge >= 0.3 is 0 Å². The number of hydrogen-bond acceptors (Lipinski definition) is 2. The third kappa shape index (κ3) is 5.17. The van der Waals surface area contributed by atoms with E-state index in [2.05, 4.69) is 10.6 Å². The number of halogens is 2. The molecule has 2 N–H and O–H groups in total. The average Bonchev–Trinajstić information content (AvgIpc) is 2.68. The number of hydrogen-bond donors (Lipinski definition) is 2. The first-order chi connectivity index (χ1) is 13.8. The Balaban J connectivity index is 1.87. The first kappa shape index (κ1) is 20.9. The number of anilines is 2. The zero-order chi connectivity index (χ0) is 21.0. The number of nitrogens with one attached hydrogen (secondary N) is 2. The largest absolute Gasteiger partial charge is 0.325 e. The van der Waals surface area contributed by atoms with Crippen LogP contribution in [0.15, 0.2) is 66.7 Å². The van der Waals surface area contributed by atoms with Gasteiger partial charge < -0.3 is 10.6 Å². The lowest BCUT2D eigenvalue weighted by atomic mass is 9.96. The van der Waals surface area contributed by atoms with Crippen molar-refractivity contribution >= 4 is 46.4 Å². The van der Waals surface area contributed by atoms with E-state index in [1.165, 1.54) is 0 Å². The highest BCUT2D eigenvalue weighted by atomic mass is 35.5. The van der Waals surface area contributed by atoms with Gasteiger partial charge in [-0.3, -0.25) is 9.59 Å². The van der Waals surface area contributed by atoms with Crippen LogP contribution in [0.5, 0.6) is 0 Å². The van der Waals surface area contributed by atoms with Crippen LogP contribution in [0.4, 0.5) is 11.4 Å². The number of carbonyl (C=O) groups is 2. The lowest BCUT2D eigenvalue weighted by molar-refractivity contribution is -0.125. The second-order valence-electron chi connectivity index (χ2n) is 6.75. The molecule has 29 heavy (non-hydrogen) atoms. The summed E-state index contributed by atoms with van der Waals surface area (Å²) in [5.41, 5.74) is 3.44. The molecule has 0 spiro atoms. The van der Waals surface area contributed by atoms with Gasteiger partial charge in [0.05, 0.1) is 0 Å². The van der Waals surface area contributed by atoms with E-state index in [4.69, 9.17) is 23.2 Å². The van der Waals surface area contributed by atoms with Crippen molar-refractivity contribution in [2.45, 2.75) is 19.8 Å². The number of aryl methyl sites for hydroxylation is 2. The molecule has 6 heteroatoms. The predicted molar refractivity (Wildman–Crippen MR) is 119 cm³/mol. The summed E-state index contributed by atoms with van der Waals surface area (Å²) in [7, 11) is 0. The minimum atomic E-state index is -1.05. The van der Waals surface area contributed by atoms with Crippen molar-refractivity contribution in [2.75, 3.05) is 10.6 Å². The van der Waals surface area contributed by atoms with Crippen molar-refractivity contribution in [1.82, 2.24) is 0 Å². The SMILES string of the molecule is Cc1ccc(NC(=O)C(C(=O)Nc2ccc(C)c(Cl)c2)c2ccccc2)cc1Cl. The molecule has 0 unspecified atom stereocenters. The molecular weight excluding hydrogens is 407 g/mol. The molecule has 0 heterocycles. The molecule has 0 aromatic heterocycles. The summed E-state index contributed by atoms with van der Waals surface area (Å²) in [5.74, 6) is -1.95. The van der Waals surface area contributed by atoms with Crippen LogP contribution >= 0.6 is 23.2 Å². The summed E-state index contributed by atoms with van der Waals surface area (Å²) >= 11 is 12.3. The average molecular weight is 427 g/mol. The molecule has 4 nitrogen and oxygen atoms in total. The summed E-state index contributed by atoms with van der Waals surface area (Å²) in [6.07, 6.45) is 0. The quantitative estimate of drug-likeness (QED) is 0.493. The maximum absolute atomic E-state index is 13.0. The molecule has 0 radical (unpaired) electrons. The fourth-order valence-corrected chi connectivity index (χ4v) is 3.20. The van der Waals surface area contributed by atoms with Crippen LogP contribution in [-0.2, 0) is 9.59 Å². The van der Waals surface area contributed by atoms with Crippen LogP contribution in [0.25, 0.3) is 0 Å². The third-order valence-electron chi connectivity index (χ3n) is 4.54. The Labute approximate surface area is 179 Å². The molecule has 2 amide bonds. The van der Waals surface area contributed by atoms with E-state index in [9.17, 15) is 9.59 Å². The van der Waals surface area contributed by atoms with Crippen LogP contribution in [0.3, 0.4) is 0 Å². The summed E-state index contributed by atoms with van der Waals surface area (Å²) in [5, 5.41) is 6.65. The zero-order valence-electron chi connectivity index (χ0n) is 16.0. The molecule has 0 aliphatic heterocycles. The van der Waals surface area contributed by atoms with Gasteiger partial charge in [0.1, 0.15) is 5.92 Å². The summed E-state index contributed by atoms with van der Waals surface area (Å²) < 4.78 is 0.